The first-order chi connectivity index (χ1) is 33.1. The highest BCUT2D eigenvalue weighted by atomic mass is 16.6. The van der Waals surface area contributed by atoms with E-state index in [-0.39, 0.29) is 41.0 Å². The normalized spacial score (nSPS) is 29.5. The minimum Gasteiger partial charge on any atom is -0.457 e. The molecule has 2 bridgehead atoms. The van der Waals surface area contributed by atoms with Gasteiger partial charge < -0.3 is 48.5 Å². The monoisotopic (exact) mass is 960 g/mol. The second-order valence-electron chi connectivity index (χ2n) is 19.2. The molecule has 1 amide bonds. The van der Waals surface area contributed by atoms with Crippen molar-refractivity contribution in [1.82, 2.24) is 9.88 Å². The third kappa shape index (κ3) is 8.38. The number of aliphatic hydroxyl groups is 2. The molecule has 17 heteroatoms. The minimum atomic E-state index is -2.47. The standard InChI is InChI=1S/C53H56N2O15/c1-29-36(67-49(63)41(58)40(32-18-11-8-12-19-32)54-46(60)33-20-13-9-14-21-33)27-53(64)45(69-47(61)34-22-15-10-16-23-34)43-51(6,44(59)42(66-30(2)56)39(29)50(53,4)5)37(68-48(62)35-24-17-25-55(35)7)26-38-52(43,28-65-38)70-31(3)57/h8-25,36-38,40-43,45,58,64H,26-28H2,1-7H3,(H,54,60)/t36-,37-,38+,40-,41+,42+,43-,45-,51+,52-,53+/m0/s1. The van der Waals surface area contributed by atoms with E-state index in [9.17, 15) is 39.0 Å². The lowest BCUT2D eigenvalue weighted by Crippen LogP contribution is -2.82. The van der Waals surface area contributed by atoms with Gasteiger partial charge in [0.25, 0.3) is 5.91 Å². The number of hydrogen-bond donors (Lipinski definition) is 3. The molecule has 0 radical (unpaired) electrons. The van der Waals surface area contributed by atoms with Crippen molar-refractivity contribution in [3.8, 4) is 0 Å². The van der Waals surface area contributed by atoms with Crippen molar-refractivity contribution in [1.29, 1.82) is 0 Å². The van der Waals surface area contributed by atoms with Gasteiger partial charge in [-0.25, -0.2) is 14.4 Å². The van der Waals surface area contributed by atoms with Crippen LogP contribution in [-0.4, -0.2) is 111 Å². The van der Waals surface area contributed by atoms with Crippen LogP contribution in [0.15, 0.2) is 120 Å². The predicted octanol–water partition coefficient (Wildman–Crippen LogP) is 4.94. The number of rotatable bonds is 12. The predicted molar refractivity (Wildman–Crippen MR) is 246 cm³/mol. The Hall–Kier alpha value is -6.95. The number of fused-ring (bicyclic) bond motifs is 5. The van der Waals surface area contributed by atoms with E-state index in [1.807, 2.05) is 0 Å². The summed E-state index contributed by atoms with van der Waals surface area (Å²) in [6.07, 6.45) is -9.17. The Balaban J connectivity index is 1.31. The van der Waals surface area contributed by atoms with E-state index >= 15 is 4.79 Å². The molecular weight excluding hydrogens is 905 g/mol. The van der Waals surface area contributed by atoms with E-state index in [1.165, 1.54) is 36.6 Å². The van der Waals surface area contributed by atoms with Gasteiger partial charge in [0.1, 0.15) is 35.7 Å². The number of carbonyl (C=O) groups is 7. The lowest BCUT2D eigenvalue weighted by Gasteiger charge is -2.67. The molecule has 3 N–H and O–H groups in total. The molecule has 8 rings (SSSR count). The zero-order chi connectivity index (χ0) is 50.5. The number of amides is 1. The molecule has 2 heterocycles. The highest BCUT2D eigenvalue weighted by Crippen LogP contribution is 2.65. The van der Waals surface area contributed by atoms with Crippen molar-refractivity contribution in [3.05, 3.63) is 143 Å². The second kappa shape index (κ2) is 18.8. The first-order valence-corrected chi connectivity index (χ1v) is 23.0. The summed E-state index contributed by atoms with van der Waals surface area (Å²) in [5.74, 6) is -7.91. The summed E-state index contributed by atoms with van der Waals surface area (Å²) in [5, 5.41) is 28.7. The van der Waals surface area contributed by atoms with Crippen LogP contribution in [0.5, 0.6) is 0 Å². The van der Waals surface area contributed by atoms with Crippen LogP contribution < -0.4 is 5.32 Å². The van der Waals surface area contributed by atoms with Gasteiger partial charge >= 0.3 is 29.8 Å². The lowest BCUT2D eigenvalue weighted by molar-refractivity contribution is -0.345. The fraction of sp³-hybridized carbons (Fsp3) is 0.415. The Bertz CT molecular complexity index is 2740. The van der Waals surface area contributed by atoms with Crippen LogP contribution in [0.1, 0.15) is 97.2 Å². The van der Waals surface area contributed by atoms with Crippen LogP contribution in [0.2, 0.25) is 0 Å². The topological polar surface area (TPSA) is 232 Å². The van der Waals surface area contributed by atoms with Crippen LogP contribution >= 0.6 is 0 Å². The highest BCUT2D eigenvalue weighted by molar-refractivity contribution is 5.97. The van der Waals surface area contributed by atoms with Gasteiger partial charge in [-0.3, -0.25) is 19.2 Å². The van der Waals surface area contributed by atoms with Crippen molar-refractivity contribution >= 4 is 41.5 Å². The average molecular weight is 961 g/mol. The summed E-state index contributed by atoms with van der Waals surface area (Å²) >= 11 is 0. The number of carbonyl (C=O) groups excluding carboxylic acids is 7. The smallest absolute Gasteiger partial charge is 0.355 e. The Labute approximate surface area is 404 Å². The number of aliphatic hydroxyl groups excluding tert-OH is 1. The summed E-state index contributed by atoms with van der Waals surface area (Å²) < 4.78 is 38.9. The second-order valence-corrected chi connectivity index (χ2v) is 19.2. The third-order valence-corrected chi connectivity index (χ3v) is 14.8. The maximum atomic E-state index is 16.2. The third-order valence-electron chi connectivity index (χ3n) is 14.8. The fourth-order valence-corrected chi connectivity index (χ4v) is 11.2. The van der Waals surface area contributed by atoms with Crippen LogP contribution in [-0.2, 0) is 54.6 Å². The molecule has 0 spiro atoms. The maximum absolute atomic E-state index is 16.2. The molecule has 4 aromatic rings. The maximum Gasteiger partial charge on any atom is 0.355 e. The van der Waals surface area contributed by atoms with Crippen molar-refractivity contribution in [3.63, 3.8) is 0 Å². The van der Waals surface area contributed by atoms with E-state index in [1.54, 1.807) is 112 Å². The van der Waals surface area contributed by atoms with Gasteiger partial charge in [-0.15, -0.1) is 0 Å². The number of ether oxygens (including phenoxy) is 6. The number of nitrogens with zero attached hydrogens (tertiary/aromatic N) is 1. The number of esters is 5. The van der Waals surface area contributed by atoms with Crippen molar-refractivity contribution in [2.75, 3.05) is 6.61 Å². The summed E-state index contributed by atoms with van der Waals surface area (Å²) in [6, 6.07) is 26.0. The zero-order valence-corrected chi connectivity index (χ0v) is 39.8. The zero-order valence-electron chi connectivity index (χ0n) is 39.8. The molecule has 70 heavy (non-hydrogen) atoms. The first kappa shape index (κ1) is 49.5. The molecule has 17 nitrogen and oxygen atoms in total. The molecule has 3 fully saturated rings. The molecule has 1 saturated heterocycles. The Morgan fingerprint density at radius 1 is 0.786 bits per heavy atom. The number of Topliss-reactive ketones (excluding diaryl/α,β-unsaturated/α-hetero) is 1. The first-order valence-electron chi connectivity index (χ1n) is 23.0. The van der Waals surface area contributed by atoms with Gasteiger partial charge in [-0.05, 0) is 67.0 Å². The van der Waals surface area contributed by atoms with Gasteiger partial charge in [0.15, 0.2) is 23.6 Å². The van der Waals surface area contributed by atoms with E-state index in [0.29, 0.717) is 5.56 Å². The van der Waals surface area contributed by atoms with Crippen molar-refractivity contribution in [2.45, 2.75) is 108 Å². The van der Waals surface area contributed by atoms with Gasteiger partial charge in [0.2, 0.25) is 0 Å². The highest BCUT2D eigenvalue weighted by Gasteiger charge is 2.79. The molecule has 368 valence electrons. The van der Waals surface area contributed by atoms with E-state index in [0.717, 1.165) is 13.8 Å². The van der Waals surface area contributed by atoms with E-state index in [2.05, 4.69) is 5.32 Å². The Morgan fingerprint density at radius 3 is 1.96 bits per heavy atom. The quantitative estimate of drug-likeness (QED) is 0.0970. The van der Waals surface area contributed by atoms with Gasteiger partial charge in [0, 0.05) is 50.9 Å². The Kier molecular flexibility index (Phi) is 13.3. The average Bonchev–Trinajstić information content (AvgIpc) is 3.77. The summed E-state index contributed by atoms with van der Waals surface area (Å²) in [6.45, 7) is 7.95. The molecule has 4 aliphatic rings. The van der Waals surface area contributed by atoms with Gasteiger partial charge in [-0.1, -0.05) is 80.6 Å². The lowest BCUT2D eigenvalue weighted by atomic mass is 9.44. The molecule has 3 aromatic carbocycles. The van der Waals surface area contributed by atoms with Crippen LogP contribution in [0, 0.1) is 16.7 Å². The van der Waals surface area contributed by atoms with Crippen molar-refractivity contribution < 1.29 is 72.2 Å². The molecule has 1 aliphatic heterocycles. The van der Waals surface area contributed by atoms with Crippen LogP contribution in [0.25, 0.3) is 0 Å². The molecule has 11 atom stereocenters. The molecule has 0 unspecified atom stereocenters. The summed E-state index contributed by atoms with van der Waals surface area (Å²) in [7, 11) is 1.62. The number of ketones is 1. The number of aromatic nitrogens is 1. The number of benzene rings is 3. The molecule has 1 aromatic heterocycles. The Morgan fingerprint density at radius 2 is 1.40 bits per heavy atom. The number of nitrogens with one attached hydrogen (secondary N) is 1. The van der Waals surface area contributed by atoms with Gasteiger partial charge in [-0.2, -0.15) is 0 Å². The van der Waals surface area contributed by atoms with E-state index < -0.39 is 119 Å². The van der Waals surface area contributed by atoms with Crippen LogP contribution in [0.4, 0.5) is 0 Å². The minimum absolute atomic E-state index is 0.0350. The largest absolute Gasteiger partial charge is 0.457 e. The fourth-order valence-electron chi connectivity index (χ4n) is 11.2. The van der Waals surface area contributed by atoms with Gasteiger partial charge in [0.05, 0.1) is 29.5 Å². The van der Waals surface area contributed by atoms with Crippen LogP contribution in [0.3, 0.4) is 0 Å². The van der Waals surface area contributed by atoms with Crippen molar-refractivity contribution in [2.24, 2.45) is 23.8 Å². The number of hydrogen-bond acceptors (Lipinski definition) is 15. The molecule has 2 saturated carbocycles. The summed E-state index contributed by atoms with van der Waals surface area (Å²) in [5.41, 5.74) is -7.33. The summed E-state index contributed by atoms with van der Waals surface area (Å²) in [4.78, 5) is 99.6. The SMILES string of the molecule is CC(=O)O[C@H]1C(=O)[C@]2(C)[C@@H](OC(=O)c3cccn3C)C[C@H]3OC[C@@]3(OC(C)=O)[C@H]2[C@H](OC(=O)c2ccccc2)[C@]2(O)C[C@H](OC(=O)[C@H](O)[C@@H](NC(=O)c3ccccc3)c3ccccc3)C(C)=C1C2(C)C. The number of aryl methyl sites for hydroxylation is 1. The molecular formula is C53H56N2O15. The van der Waals surface area contributed by atoms with E-state index in [4.69, 9.17) is 28.4 Å². The molecule has 3 aliphatic carbocycles.